The summed E-state index contributed by atoms with van der Waals surface area (Å²) in [5.74, 6) is 0.108. The van der Waals surface area contributed by atoms with Gasteiger partial charge in [-0.15, -0.1) is 0 Å². The minimum absolute atomic E-state index is 0.0648. The van der Waals surface area contributed by atoms with Crippen LogP contribution in [0.2, 0.25) is 0 Å². The van der Waals surface area contributed by atoms with E-state index < -0.39 is 17.7 Å². The summed E-state index contributed by atoms with van der Waals surface area (Å²) in [5, 5.41) is 2.51. The first-order valence-electron chi connectivity index (χ1n) is 6.60. The molecule has 0 bridgehead atoms. The van der Waals surface area contributed by atoms with Gasteiger partial charge in [0.25, 0.3) is 0 Å². The van der Waals surface area contributed by atoms with E-state index in [9.17, 15) is 9.59 Å². The first-order valence-corrected chi connectivity index (χ1v) is 6.60. The number of hydrogen-bond acceptors (Lipinski definition) is 5. The van der Waals surface area contributed by atoms with E-state index in [1.165, 1.54) is 7.11 Å². The Bertz CT molecular complexity index is 493. The highest BCUT2D eigenvalue weighted by Crippen LogP contribution is 2.13. The zero-order chi connectivity index (χ0) is 15.9. The van der Waals surface area contributed by atoms with Crippen LogP contribution in [0.5, 0.6) is 5.75 Å². The van der Waals surface area contributed by atoms with E-state index in [4.69, 9.17) is 14.2 Å². The van der Waals surface area contributed by atoms with Crippen LogP contribution in [0.1, 0.15) is 31.1 Å². The second-order valence-corrected chi connectivity index (χ2v) is 5.30. The van der Waals surface area contributed by atoms with Crippen LogP contribution in [-0.4, -0.2) is 37.9 Å². The van der Waals surface area contributed by atoms with E-state index in [-0.39, 0.29) is 13.2 Å². The third-order valence-corrected chi connectivity index (χ3v) is 2.31. The topological polar surface area (TPSA) is 73.9 Å². The van der Waals surface area contributed by atoms with E-state index in [2.05, 4.69) is 5.32 Å². The quantitative estimate of drug-likeness (QED) is 0.667. The Morgan fingerprint density at radius 3 is 2.57 bits per heavy atom. The molecule has 0 saturated carbocycles. The third-order valence-electron chi connectivity index (χ3n) is 2.31. The molecule has 0 heterocycles. The number of carbonyl (C=O) groups is 2. The van der Waals surface area contributed by atoms with Gasteiger partial charge in [-0.3, -0.25) is 0 Å². The Morgan fingerprint density at radius 2 is 1.95 bits per heavy atom. The van der Waals surface area contributed by atoms with Crippen LogP contribution in [0.3, 0.4) is 0 Å². The molecule has 0 atom stereocenters. The Hall–Kier alpha value is -2.24. The Morgan fingerprint density at radius 1 is 1.24 bits per heavy atom. The molecule has 1 aromatic rings. The fraction of sp³-hybridized carbons (Fsp3) is 0.467. The largest absolute Gasteiger partial charge is 0.497 e. The van der Waals surface area contributed by atoms with E-state index in [0.717, 1.165) is 0 Å². The number of carbonyl (C=O) groups excluding carboxylic acids is 2. The summed E-state index contributed by atoms with van der Waals surface area (Å²) in [5.41, 5.74) is -0.159. The van der Waals surface area contributed by atoms with E-state index in [1.54, 1.807) is 45.0 Å². The summed E-state index contributed by atoms with van der Waals surface area (Å²) in [4.78, 5) is 23.1. The summed E-state index contributed by atoms with van der Waals surface area (Å²) in [6, 6.07) is 6.66. The molecular formula is C15H21NO5. The molecule has 0 aliphatic heterocycles. The van der Waals surface area contributed by atoms with E-state index in [1.807, 2.05) is 0 Å². The van der Waals surface area contributed by atoms with Crippen molar-refractivity contribution in [2.24, 2.45) is 0 Å². The zero-order valence-corrected chi connectivity index (χ0v) is 12.8. The number of nitrogens with one attached hydrogen (secondary N) is 1. The number of ether oxygens (including phenoxy) is 3. The van der Waals surface area contributed by atoms with Gasteiger partial charge in [-0.1, -0.05) is 6.07 Å². The Balaban J connectivity index is 2.32. The van der Waals surface area contributed by atoms with Crippen molar-refractivity contribution in [2.45, 2.75) is 26.4 Å². The number of alkyl carbamates (subject to hydrolysis) is 1. The zero-order valence-electron chi connectivity index (χ0n) is 12.8. The normalized spacial score (nSPS) is 10.7. The summed E-state index contributed by atoms with van der Waals surface area (Å²) in [6.45, 7) is 5.57. The average molecular weight is 295 g/mol. The molecule has 1 amide bonds. The maximum absolute atomic E-state index is 11.8. The van der Waals surface area contributed by atoms with Gasteiger partial charge >= 0.3 is 12.1 Å². The van der Waals surface area contributed by atoms with Crippen molar-refractivity contribution in [1.82, 2.24) is 5.32 Å². The van der Waals surface area contributed by atoms with Crippen LogP contribution >= 0.6 is 0 Å². The monoisotopic (exact) mass is 295 g/mol. The minimum Gasteiger partial charge on any atom is -0.497 e. The molecule has 6 heteroatoms. The molecule has 0 radical (unpaired) electrons. The standard InChI is InChI=1S/C15H21NO5/c1-15(2,3)21-14(18)16-8-9-20-13(17)11-6-5-7-12(10-11)19-4/h5-7,10H,8-9H2,1-4H3,(H,16,18). The summed E-state index contributed by atoms with van der Waals surface area (Å²) in [6.07, 6.45) is -0.542. The lowest BCUT2D eigenvalue weighted by molar-refractivity contribution is 0.0433. The SMILES string of the molecule is COc1cccc(C(=O)OCCNC(=O)OC(C)(C)C)c1. The molecule has 0 aliphatic rings. The first kappa shape index (κ1) is 16.8. The fourth-order valence-corrected chi connectivity index (χ4v) is 1.44. The smallest absolute Gasteiger partial charge is 0.407 e. The van der Waals surface area contributed by atoms with E-state index >= 15 is 0 Å². The number of benzene rings is 1. The van der Waals surface area contributed by atoms with Gasteiger partial charge in [-0.25, -0.2) is 9.59 Å². The second-order valence-electron chi connectivity index (χ2n) is 5.30. The minimum atomic E-state index is -0.554. The van der Waals surface area contributed by atoms with Crippen LogP contribution in [-0.2, 0) is 9.47 Å². The molecule has 21 heavy (non-hydrogen) atoms. The van der Waals surface area contributed by atoms with Crippen molar-refractivity contribution in [3.05, 3.63) is 29.8 Å². The lowest BCUT2D eigenvalue weighted by Gasteiger charge is -2.19. The van der Waals surface area contributed by atoms with Crippen LogP contribution in [0.15, 0.2) is 24.3 Å². The molecule has 0 aromatic heterocycles. The van der Waals surface area contributed by atoms with Crippen LogP contribution in [0.25, 0.3) is 0 Å². The predicted octanol–water partition coefficient (Wildman–Crippen LogP) is 2.38. The van der Waals surface area contributed by atoms with Gasteiger partial charge < -0.3 is 19.5 Å². The van der Waals surface area contributed by atoms with Gasteiger partial charge in [0.1, 0.15) is 18.0 Å². The Kier molecular flexibility index (Phi) is 6.02. The molecule has 0 unspecified atom stereocenters. The van der Waals surface area contributed by atoms with E-state index in [0.29, 0.717) is 11.3 Å². The highest BCUT2D eigenvalue weighted by atomic mass is 16.6. The number of methoxy groups -OCH3 is 1. The lowest BCUT2D eigenvalue weighted by atomic mass is 10.2. The van der Waals surface area contributed by atoms with Gasteiger partial charge in [-0.05, 0) is 39.0 Å². The van der Waals surface area contributed by atoms with Crippen molar-refractivity contribution in [2.75, 3.05) is 20.3 Å². The molecular weight excluding hydrogens is 274 g/mol. The molecule has 1 aromatic carbocycles. The van der Waals surface area contributed by atoms with Crippen molar-refractivity contribution >= 4 is 12.1 Å². The number of hydrogen-bond donors (Lipinski definition) is 1. The lowest BCUT2D eigenvalue weighted by Crippen LogP contribution is -2.34. The predicted molar refractivity (Wildman–Crippen MR) is 77.5 cm³/mol. The van der Waals surface area contributed by atoms with Crippen LogP contribution in [0.4, 0.5) is 4.79 Å². The number of rotatable bonds is 5. The molecule has 6 nitrogen and oxygen atoms in total. The molecule has 116 valence electrons. The molecule has 0 spiro atoms. The summed E-state index contributed by atoms with van der Waals surface area (Å²) < 4.78 is 15.1. The van der Waals surface area contributed by atoms with Crippen molar-refractivity contribution in [3.63, 3.8) is 0 Å². The fourth-order valence-electron chi connectivity index (χ4n) is 1.44. The molecule has 1 N–H and O–H groups in total. The van der Waals surface area contributed by atoms with Gasteiger partial charge in [-0.2, -0.15) is 0 Å². The average Bonchev–Trinajstić information content (AvgIpc) is 2.41. The van der Waals surface area contributed by atoms with Gasteiger partial charge in [0, 0.05) is 0 Å². The van der Waals surface area contributed by atoms with Crippen molar-refractivity contribution < 1.29 is 23.8 Å². The molecule has 0 aliphatic carbocycles. The first-order chi connectivity index (χ1) is 9.81. The van der Waals surface area contributed by atoms with Crippen molar-refractivity contribution in [1.29, 1.82) is 0 Å². The highest BCUT2D eigenvalue weighted by molar-refractivity contribution is 5.89. The van der Waals surface area contributed by atoms with Gasteiger partial charge in [0.15, 0.2) is 0 Å². The molecule has 0 fully saturated rings. The maximum atomic E-state index is 11.8. The number of esters is 1. The van der Waals surface area contributed by atoms with Gasteiger partial charge in [0.05, 0.1) is 19.2 Å². The summed E-state index contributed by atoms with van der Waals surface area (Å²) in [7, 11) is 1.52. The third kappa shape index (κ3) is 6.65. The van der Waals surface area contributed by atoms with Crippen molar-refractivity contribution in [3.8, 4) is 5.75 Å². The maximum Gasteiger partial charge on any atom is 0.407 e. The Labute approximate surface area is 124 Å². The highest BCUT2D eigenvalue weighted by Gasteiger charge is 2.15. The summed E-state index contributed by atoms with van der Waals surface area (Å²) >= 11 is 0. The molecule has 1 rings (SSSR count). The molecule has 0 saturated heterocycles. The van der Waals surface area contributed by atoms with Crippen LogP contribution < -0.4 is 10.1 Å². The second kappa shape index (κ2) is 7.52. The number of amides is 1. The van der Waals surface area contributed by atoms with Crippen LogP contribution in [0, 0.1) is 0 Å². The van der Waals surface area contributed by atoms with Gasteiger partial charge in [0.2, 0.25) is 0 Å².